The highest BCUT2D eigenvalue weighted by molar-refractivity contribution is 7.09. The lowest BCUT2D eigenvalue weighted by Gasteiger charge is -2.37. The molecule has 8 nitrogen and oxygen atoms in total. The zero-order chi connectivity index (χ0) is 23.5. The lowest BCUT2D eigenvalue weighted by Crippen LogP contribution is -2.51. The Morgan fingerprint density at radius 3 is 2.50 bits per heavy atom. The monoisotopic (exact) mass is 459 g/mol. The molecule has 0 spiro atoms. The summed E-state index contributed by atoms with van der Waals surface area (Å²) >= 11 is 1.36. The van der Waals surface area contributed by atoms with Crippen LogP contribution < -0.4 is 16.4 Å². The smallest absolute Gasteiger partial charge is 0.412 e. The summed E-state index contributed by atoms with van der Waals surface area (Å²) in [6, 6.07) is 3.82. The molecule has 1 saturated heterocycles. The van der Waals surface area contributed by atoms with Gasteiger partial charge in [-0.3, -0.25) is 20.0 Å². The SMILES string of the molecule is CCN1CCCC1C(C)(N)c1ccc(C(=O)Nc2cscc2NC(=O)OC(C)(C)C)nc1. The fourth-order valence-corrected chi connectivity index (χ4v) is 4.73. The van der Waals surface area contributed by atoms with Gasteiger partial charge in [0.2, 0.25) is 0 Å². The minimum absolute atomic E-state index is 0.251. The minimum atomic E-state index is -0.612. The number of likely N-dealkylation sites (tertiary alicyclic amines) is 1. The van der Waals surface area contributed by atoms with Crippen molar-refractivity contribution < 1.29 is 14.3 Å². The maximum Gasteiger partial charge on any atom is 0.412 e. The summed E-state index contributed by atoms with van der Waals surface area (Å²) in [4.78, 5) is 31.6. The van der Waals surface area contributed by atoms with E-state index in [1.54, 1.807) is 43.8 Å². The van der Waals surface area contributed by atoms with Gasteiger partial charge in [0.25, 0.3) is 5.91 Å². The van der Waals surface area contributed by atoms with Gasteiger partial charge in [0.05, 0.1) is 16.9 Å². The molecule has 0 aliphatic carbocycles. The van der Waals surface area contributed by atoms with Gasteiger partial charge in [-0.15, -0.1) is 11.3 Å². The zero-order valence-electron chi connectivity index (χ0n) is 19.4. The fourth-order valence-electron chi connectivity index (χ4n) is 4.01. The highest BCUT2D eigenvalue weighted by Crippen LogP contribution is 2.32. The number of aromatic nitrogens is 1. The Hall–Kier alpha value is -2.49. The molecule has 2 atom stereocenters. The highest BCUT2D eigenvalue weighted by Gasteiger charge is 2.38. The van der Waals surface area contributed by atoms with Crippen LogP contribution in [0.3, 0.4) is 0 Å². The lowest BCUT2D eigenvalue weighted by molar-refractivity contribution is 0.0635. The number of nitrogens with two attached hydrogens (primary N) is 1. The number of hydrogen-bond acceptors (Lipinski definition) is 7. The molecule has 0 aromatic carbocycles. The predicted octanol–water partition coefficient (Wildman–Crippen LogP) is 4.40. The second kappa shape index (κ2) is 9.56. The Morgan fingerprint density at radius 1 is 1.22 bits per heavy atom. The molecule has 3 heterocycles. The first-order valence-electron chi connectivity index (χ1n) is 10.9. The molecule has 2 aromatic heterocycles. The van der Waals surface area contributed by atoms with E-state index in [0.717, 1.165) is 31.5 Å². The molecule has 174 valence electrons. The van der Waals surface area contributed by atoms with Crippen molar-refractivity contribution in [3.8, 4) is 0 Å². The van der Waals surface area contributed by atoms with Crippen molar-refractivity contribution in [2.75, 3.05) is 23.7 Å². The number of rotatable bonds is 6. The second-order valence-electron chi connectivity index (χ2n) is 9.28. The maximum absolute atomic E-state index is 12.7. The van der Waals surface area contributed by atoms with E-state index in [1.165, 1.54) is 11.3 Å². The van der Waals surface area contributed by atoms with E-state index in [0.29, 0.717) is 11.4 Å². The van der Waals surface area contributed by atoms with Gasteiger partial charge in [-0.2, -0.15) is 0 Å². The third-order valence-electron chi connectivity index (χ3n) is 5.63. The summed E-state index contributed by atoms with van der Waals surface area (Å²) in [5.74, 6) is -0.364. The predicted molar refractivity (Wildman–Crippen MR) is 128 cm³/mol. The third-order valence-corrected chi connectivity index (χ3v) is 6.37. The molecule has 1 fully saturated rings. The summed E-state index contributed by atoms with van der Waals surface area (Å²) in [5, 5.41) is 8.95. The number of nitrogens with zero attached hydrogens (tertiary/aromatic N) is 2. The van der Waals surface area contributed by atoms with Crippen LogP contribution >= 0.6 is 11.3 Å². The van der Waals surface area contributed by atoms with E-state index in [1.807, 2.05) is 13.0 Å². The lowest BCUT2D eigenvalue weighted by atomic mass is 9.85. The van der Waals surface area contributed by atoms with Crippen molar-refractivity contribution in [1.29, 1.82) is 0 Å². The number of ether oxygens (including phenoxy) is 1. The number of nitrogens with one attached hydrogen (secondary N) is 2. The van der Waals surface area contributed by atoms with Crippen LogP contribution in [0.2, 0.25) is 0 Å². The molecular formula is C23H33N5O3S. The van der Waals surface area contributed by atoms with Crippen LogP contribution in [-0.4, -0.2) is 46.6 Å². The first kappa shape index (κ1) is 24.2. The van der Waals surface area contributed by atoms with Gasteiger partial charge in [-0.05, 0) is 65.3 Å². The summed E-state index contributed by atoms with van der Waals surface area (Å²) in [5.41, 5.74) is 7.71. The molecule has 4 N–H and O–H groups in total. The maximum atomic E-state index is 12.7. The van der Waals surface area contributed by atoms with E-state index in [2.05, 4.69) is 27.4 Å². The Labute approximate surface area is 193 Å². The van der Waals surface area contributed by atoms with Gasteiger partial charge in [0, 0.05) is 23.0 Å². The van der Waals surface area contributed by atoms with E-state index in [-0.39, 0.29) is 17.6 Å². The number of carbonyl (C=O) groups excluding carboxylic acids is 2. The van der Waals surface area contributed by atoms with Crippen LogP contribution in [0.5, 0.6) is 0 Å². The molecule has 1 aliphatic rings. The average molecular weight is 460 g/mol. The number of thiophene rings is 1. The van der Waals surface area contributed by atoms with Crippen molar-refractivity contribution in [3.63, 3.8) is 0 Å². The first-order valence-corrected chi connectivity index (χ1v) is 11.8. The molecule has 2 unspecified atom stereocenters. The number of carbonyl (C=O) groups is 2. The number of hydrogen-bond donors (Lipinski definition) is 3. The highest BCUT2D eigenvalue weighted by atomic mass is 32.1. The Bertz CT molecular complexity index is 949. The van der Waals surface area contributed by atoms with Gasteiger partial charge in [0.15, 0.2) is 0 Å². The summed E-state index contributed by atoms with van der Waals surface area (Å²) in [6.45, 7) is 11.6. The van der Waals surface area contributed by atoms with Gasteiger partial charge in [-0.25, -0.2) is 4.79 Å². The molecule has 32 heavy (non-hydrogen) atoms. The van der Waals surface area contributed by atoms with Crippen molar-refractivity contribution in [2.45, 2.75) is 64.6 Å². The Morgan fingerprint density at radius 2 is 1.91 bits per heavy atom. The molecule has 0 saturated carbocycles. The van der Waals surface area contributed by atoms with Crippen LogP contribution in [0, 0.1) is 0 Å². The zero-order valence-corrected chi connectivity index (χ0v) is 20.2. The number of anilines is 2. The summed E-state index contributed by atoms with van der Waals surface area (Å²) in [7, 11) is 0. The largest absolute Gasteiger partial charge is 0.444 e. The van der Waals surface area contributed by atoms with Crippen LogP contribution in [0.4, 0.5) is 16.2 Å². The minimum Gasteiger partial charge on any atom is -0.444 e. The second-order valence-corrected chi connectivity index (χ2v) is 10.0. The van der Waals surface area contributed by atoms with Gasteiger partial charge in [0.1, 0.15) is 11.3 Å². The Kier molecular flexibility index (Phi) is 7.22. The van der Waals surface area contributed by atoms with E-state index >= 15 is 0 Å². The summed E-state index contributed by atoms with van der Waals surface area (Å²) < 4.78 is 5.27. The average Bonchev–Trinajstić information content (AvgIpc) is 3.36. The van der Waals surface area contributed by atoms with Crippen LogP contribution in [0.1, 0.15) is 63.5 Å². The van der Waals surface area contributed by atoms with E-state index in [9.17, 15) is 9.59 Å². The summed E-state index contributed by atoms with van der Waals surface area (Å²) in [6.07, 6.45) is 3.30. The normalized spacial score (nSPS) is 18.8. The van der Waals surface area contributed by atoms with Gasteiger partial charge < -0.3 is 15.8 Å². The van der Waals surface area contributed by atoms with Gasteiger partial charge in [-0.1, -0.05) is 13.0 Å². The van der Waals surface area contributed by atoms with Crippen LogP contribution in [0.15, 0.2) is 29.1 Å². The topological polar surface area (TPSA) is 110 Å². The van der Waals surface area contributed by atoms with Crippen molar-refractivity contribution in [2.24, 2.45) is 5.73 Å². The quantitative estimate of drug-likeness (QED) is 0.591. The standard InChI is InChI=1S/C23H33N5O3S/c1-6-28-11-7-8-19(28)23(5,24)15-9-10-16(25-12-15)20(29)26-17-13-32-14-18(17)27-21(30)31-22(2,3)4/h9-10,12-14,19H,6-8,11,24H2,1-5H3,(H,26,29)(H,27,30). The van der Waals surface area contributed by atoms with Crippen molar-refractivity contribution in [1.82, 2.24) is 9.88 Å². The first-order chi connectivity index (χ1) is 15.0. The number of likely N-dealkylation sites (N-methyl/N-ethyl adjacent to an activating group) is 1. The van der Waals surface area contributed by atoms with Crippen LogP contribution in [0.25, 0.3) is 0 Å². The fraction of sp³-hybridized carbons (Fsp3) is 0.522. The molecule has 2 amide bonds. The van der Waals surface area contributed by atoms with E-state index < -0.39 is 17.2 Å². The van der Waals surface area contributed by atoms with Gasteiger partial charge >= 0.3 is 6.09 Å². The molecular weight excluding hydrogens is 426 g/mol. The number of pyridine rings is 1. The molecule has 3 rings (SSSR count). The van der Waals surface area contributed by atoms with Crippen LogP contribution in [-0.2, 0) is 10.3 Å². The van der Waals surface area contributed by atoms with Crippen molar-refractivity contribution >= 4 is 34.7 Å². The third kappa shape index (κ3) is 5.65. The van der Waals surface area contributed by atoms with E-state index in [4.69, 9.17) is 10.5 Å². The Balaban J connectivity index is 1.67. The molecule has 1 aliphatic heterocycles. The molecule has 0 radical (unpaired) electrons. The molecule has 9 heteroatoms. The number of amides is 2. The molecule has 2 aromatic rings. The van der Waals surface area contributed by atoms with Crippen molar-refractivity contribution in [3.05, 3.63) is 40.3 Å². The molecule has 0 bridgehead atoms.